The monoisotopic (exact) mass is 345 g/mol. The second-order valence-corrected chi connectivity index (χ2v) is 6.60. The van der Waals surface area contributed by atoms with Crippen molar-refractivity contribution < 1.29 is 9.90 Å². The summed E-state index contributed by atoms with van der Waals surface area (Å²) in [6.07, 6.45) is 0.854. The number of carbonyl (C=O) groups excluding carboxylic acids is 1. The van der Waals surface area contributed by atoms with Gasteiger partial charge in [0.2, 0.25) is 0 Å². The number of nitrogens with one attached hydrogen (secondary N) is 2. The third-order valence-corrected chi connectivity index (χ3v) is 4.61. The summed E-state index contributed by atoms with van der Waals surface area (Å²) in [7, 11) is 0. The second kappa shape index (κ2) is 6.72. The number of hydrogen-bond acceptors (Lipinski definition) is 3. The summed E-state index contributed by atoms with van der Waals surface area (Å²) in [5.41, 5.74) is 0.297. The lowest BCUT2D eigenvalue weighted by Crippen LogP contribution is -2.45. The molecule has 3 N–H and O–H groups in total. The van der Waals surface area contributed by atoms with Crippen LogP contribution in [0.15, 0.2) is 4.47 Å². The maximum Gasteiger partial charge on any atom is 0.273 e. The SMILES string of the molecule is CCC(C)C(C)(O)CNC(=O)c1n[nH]c(C(C)C)c1Br. The summed E-state index contributed by atoms with van der Waals surface area (Å²) in [5, 5.41) is 19.9. The van der Waals surface area contributed by atoms with Gasteiger partial charge in [-0.15, -0.1) is 0 Å². The second-order valence-electron chi connectivity index (χ2n) is 5.80. The van der Waals surface area contributed by atoms with Crippen LogP contribution in [0, 0.1) is 5.92 Å². The van der Waals surface area contributed by atoms with Crippen molar-refractivity contribution in [1.82, 2.24) is 15.5 Å². The van der Waals surface area contributed by atoms with Gasteiger partial charge in [-0.1, -0.05) is 34.1 Å². The number of hydrogen-bond donors (Lipinski definition) is 3. The van der Waals surface area contributed by atoms with Crippen LogP contribution in [0.4, 0.5) is 0 Å². The van der Waals surface area contributed by atoms with Gasteiger partial charge in [-0.25, -0.2) is 0 Å². The Morgan fingerprint density at radius 2 is 2.10 bits per heavy atom. The van der Waals surface area contributed by atoms with Crippen LogP contribution in [0.1, 0.15) is 63.1 Å². The molecule has 0 saturated carbocycles. The number of aromatic amines is 1. The molecule has 0 aliphatic heterocycles. The smallest absolute Gasteiger partial charge is 0.273 e. The Morgan fingerprint density at radius 3 is 2.55 bits per heavy atom. The maximum absolute atomic E-state index is 12.1. The summed E-state index contributed by atoms with van der Waals surface area (Å²) in [5.74, 6) is 0.0712. The molecule has 1 aromatic heterocycles. The van der Waals surface area contributed by atoms with Crippen molar-refractivity contribution in [2.45, 2.75) is 52.6 Å². The molecule has 0 fully saturated rings. The van der Waals surface area contributed by atoms with Gasteiger partial charge < -0.3 is 10.4 Å². The fourth-order valence-electron chi connectivity index (χ4n) is 1.83. The maximum atomic E-state index is 12.1. The van der Waals surface area contributed by atoms with Gasteiger partial charge in [0.1, 0.15) is 0 Å². The quantitative estimate of drug-likeness (QED) is 0.741. The number of H-pyrrole nitrogens is 1. The Kier molecular flexibility index (Phi) is 5.77. The Balaban J connectivity index is 2.73. The number of aliphatic hydroxyl groups is 1. The predicted molar refractivity (Wildman–Crippen MR) is 82.8 cm³/mol. The topological polar surface area (TPSA) is 78.0 Å². The molecule has 2 atom stereocenters. The van der Waals surface area contributed by atoms with Gasteiger partial charge in [-0.2, -0.15) is 5.10 Å². The van der Waals surface area contributed by atoms with Crippen LogP contribution in [0.3, 0.4) is 0 Å². The van der Waals surface area contributed by atoms with Crippen LogP contribution < -0.4 is 5.32 Å². The molecule has 0 aliphatic carbocycles. The number of nitrogens with zero attached hydrogens (tertiary/aromatic N) is 1. The van der Waals surface area contributed by atoms with E-state index in [1.807, 2.05) is 27.7 Å². The first-order chi connectivity index (χ1) is 9.20. The normalized spacial score (nSPS) is 16.0. The molecule has 0 aromatic carbocycles. The van der Waals surface area contributed by atoms with E-state index in [1.165, 1.54) is 0 Å². The zero-order chi connectivity index (χ0) is 15.5. The molecule has 1 heterocycles. The third-order valence-electron chi connectivity index (χ3n) is 3.81. The van der Waals surface area contributed by atoms with E-state index in [9.17, 15) is 9.90 Å². The minimum Gasteiger partial charge on any atom is -0.388 e. The van der Waals surface area contributed by atoms with Crippen LogP contribution in [-0.4, -0.2) is 33.4 Å². The molecular weight excluding hydrogens is 322 g/mol. The first-order valence-corrected chi connectivity index (χ1v) is 7.74. The van der Waals surface area contributed by atoms with Gasteiger partial charge in [0, 0.05) is 6.54 Å². The largest absolute Gasteiger partial charge is 0.388 e. The Hall–Kier alpha value is -0.880. The van der Waals surface area contributed by atoms with E-state index in [-0.39, 0.29) is 24.3 Å². The van der Waals surface area contributed by atoms with E-state index in [2.05, 4.69) is 31.4 Å². The van der Waals surface area contributed by atoms with E-state index in [1.54, 1.807) is 6.92 Å². The molecule has 0 aliphatic rings. The first-order valence-electron chi connectivity index (χ1n) is 6.95. The van der Waals surface area contributed by atoms with E-state index in [0.717, 1.165) is 12.1 Å². The number of amides is 1. The lowest BCUT2D eigenvalue weighted by Gasteiger charge is -2.29. The van der Waals surface area contributed by atoms with Crippen molar-refractivity contribution in [3.8, 4) is 0 Å². The lowest BCUT2D eigenvalue weighted by atomic mass is 9.88. The summed E-state index contributed by atoms with van der Waals surface area (Å²) < 4.78 is 0.688. The van der Waals surface area contributed by atoms with Crippen LogP contribution in [0.5, 0.6) is 0 Å². The van der Waals surface area contributed by atoms with Gasteiger partial charge in [0.05, 0.1) is 15.8 Å². The Bertz CT molecular complexity index is 469. The summed E-state index contributed by atoms with van der Waals surface area (Å²) >= 11 is 3.40. The molecule has 0 bridgehead atoms. The van der Waals surface area contributed by atoms with Crippen LogP contribution in [0.2, 0.25) is 0 Å². The standard InChI is InChI=1S/C14H24BrN3O2/c1-6-9(4)14(5,20)7-16-13(19)12-10(15)11(8(2)3)17-18-12/h8-9,20H,6-7H2,1-5H3,(H,16,19)(H,17,18). The summed E-state index contributed by atoms with van der Waals surface area (Å²) in [6.45, 7) is 9.97. The zero-order valence-corrected chi connectivity index (χ0v) is 14.3. The van der Waals surface area contributed by atoms with E-state index in [0.29, 0.717) is 10.2 Å². The van der Waals surface area contributed by atoms with Crippen molar-refractivity contribution in [2.24, 2.45) is 5.92 Å². The number of rotatable bonds is 6. The summed E-state index contributed by atoms with van der Waals surface area (Å²) in [4.78, 5) is 12.1. The van der Waals surface area contributed by atoms with Crippen molar-refractivity contribution in [2.75, 3.05) is 6.54 Å². The number of halogens is 1. The molecule has 5 nitrogen and oxygen atoms in total. The molecule has 6 heteroatoms. The van der Waals surface area contributed by atoms with Crippen molar-refractivity contribution in [1.29, 1.82) is 0 Å². The van der Waals surface area contributed by atoms with Crippen molar-refractivity contribution in [3.05, 3.63) is 15.9 Å². The summed E-state index contributed by atoms with van der Waals surface area (Å²) in [6, 6.07) is 0. The minimum absolute atomic E-state index is 0.108. The highest BCUT2D eigenvalue weighted by Gasteiger charge is 2.28. The molecular formula is C14H24BrN3O2. The van der Waals surface area contributed by atoms with Crippen molar-refractivity contribution in [3.63, 3.8) is 0 Å². The van der Waals surface area contributed by atoms with Gasteiger partial charge >= 0.3 is 0 Å². The van der Waals surface area contributed by atoms with Crippen molar-refractivity contribution >= 4 is 21.8 Å². The minimum atomic E-state index is -0.923. The van der Waals surface area contributed by atoms with E-state index in [4.69, 9.17) is 0 Å². The fourth-order valence-corrected chi connectivity index (χ4v) is 2.65. The Morgan fingerprint density at radius 1 is 1.50 bits per heavy atom. The fraction of sp³-hybridized carbons (Fsp3) is 0.714. The first kappa shape index (κ1) is 17.2. The third kappa shape index (κ3) is 3.82. The molecule has 0 saturated heterocycles. The lowest BCUT2D eigenvalue weighted by molar-refractivity contribution is 0.00587. The Labute approximate surface area is 128 Å². The average Bonchev–Trinajstić information content (AvgIpc) is 2.77. The van der Waals surface area contributed by atoms with Gasteiger partial charge in [-0.05, 0) is 34.7 Å². The highest BCUT2D eigenvalue weighted by Crippen LogP contribution is 2.25. The molecule has 1 rings (SSSR count). The zero-order valence-electron chi connectivity index (χ0n) is 12.7. The number of carbonyl (C=O) groups is 1. The molecule has 2 unspecified atom stereocenters. The molecule has 1 amide bonds. The van der Waals surface area contributed by atoms with Gasteiger partial charge in [0.25, 0.3) is 5.91 Å². The molecule has 0 spiro atoms. The van der Waals surface area contributed by atoms with Crippen LogP contribution >= 0.6 is 15.9 Å². The molecule has 1 aromatic rings. The van der Waals surface area contributed by atoms with Gasteiger partial charge in [-0.3, -0.25) is 9.89 Å². The predicted octanol–water partition coefficient (Wildman–Crippen LogP) is 2.82. The highest BCUT2D eigenvalue weighted by atomic mass is 79.9. The number of aromatic nitrogens is 2. The average molecular weight is 346 g/mol. The molecule has 0 radical (unpaired) electrons. The van der Waals surface area contributed by atoms with E-state index < -0.39 is 5.60 Å². The van der Waals surface area contributed by atoms with Crippen LogP contribution in [0.25, 0.3) is 0 Å². The molecule has 20 heavy (non-hydrogen) atoms. The van der Waals surface area contributed by atoms with Gasteiger partial charge in [0.15, 0.2) is 5.69 Å². The van der Waals surface area contributed by atoms with E-state index >= 15 is 0 Å². The highest BCUT2D eigenvalue weighted by molar-refractivity contribution is 9.10. The van der Waals surface area contributed by atoms with Crippen LogP contribution in [-0.2, 0) is 0 Å². The molecule has 114 valence electrons.